The standard InChI is InChI=1S/C18H19N5O2/c1-11-3-6-14(7-12(11)2)23-17-15(8-20-23)18(25)22(10-19-17)9-16(24)21-13-4-5-13/h3,6-8,10,13H,4-5,9H2,1-2H3,(H,21,24). The first-order chi connectivity index (χ1) is 12.0. The van der Waals surface area contributed by atoms with Crippen molar-refractivity contribution < 1.29 is 4.79 Å². The Hall–Kier alpha value is -2.96. The maximum Gasteiger partial charge on any atom is 0.264 e. The summed E-state index contributed by atoms with van der Waals surface area (Å²) in [5.41, 5.74) is 3.43. The number of amides is 1. The maximum absolute atomic E-state index is 12.6. The second-order valence-electron chi connectivity index (χ2n) is 6.58. The zero-order valence-corrected chi connectivity index (χ0v) is 14.2. The number of hydrogen-bond donors (Lipinski definition) is 1. The molecule has 2 heterocycles. The zero-order valence-electron chi connectivity index (χ0n) is 14.2. The topological polar surface area (TPSA) is 81.8 Å². The second-order valence-corrected chi connectivity index (χ2v) is 6.58. The van der Waals surface area contributed by atoms with Crippen LogP contribution >= 0.6 is 0 Å². The van der Waals surface area contributed by atoms with Crippen molar-refractivity contribution in [3.8, 4) is 5.69 Å². The van der Waals surface area contributed by atoms with Gasteiger partial charge in [-0.25, -0.2) is 9.67 Å². The van der Waals surface area contributed by atoms with Gasteiger partial charge in [-0.3, -0.25) is 14.2 Å². The average molecular weight is 337 g/mol. The molecule has 1 saturated carbocycles. The number of hydrogen-bond acceptors (Lipinski definition) is 4. The van der Waals surface area contributed by atoms with Crippen LogP contribution in [-0.2, 0) is 11.3 Å². The average Bonchev–Trinajstić information content (AvgIpc) is 3.28. The molecule has 0 radical (unpaired) electrons. The lowest BCUT2D eigenvalue weighted by Gasteiger charge is -2.08. The normalized spacial score (nSPS) is 14.0. The van der Waals surface area contributed by atoms with Crippen molar-refractivity contribution in [2.45, 2.75) is 39.3 Å². The van der Waals surface area contributed by atoms with E-state index >= 15 is 0 Å². The van der Waals surface area contributed by atoms with Crippen LogP contribution in [0.25, 0.3) is 16.7 Å². The van der Waals surface area contributed by atoms with Gasteiger partial charge in [-0.05, 0) is 49.9 Å². The number of fused-ring (bicyclic) bond motifs is 1. The molecule has 2 aromatic heterocycles. The van der Waals surface area contributed by atoms with Crippen molar-refractivity contribution in [3.63, 3.8) is 0 Å². The zero-order chi connectivity index (χ0) is 17.6. The van der Waals surface area contributed by atoms with Crippen molar-refractivity contribution in [1.82, 2.24) is 24.6 Å². The van der Waals surface area contributed by atoms with Gasteiger partial charge in [0, 0.05) is 6.04 Å². The van der Waals surface area contributed by atoms with Gasteiger partial charge in [-0.2, -0.15) is 5.10 Å². The smallest absolute Gasteiger partial charge is 0.264 e. The van der Waals surface area contributed by atoms with E-state index in [1.807, 2.05) is 32.0 Å². The highest BCUT2D eigenvalue weighted by molar-refractivity contribution is 5.78. The fraction of sp³-hybridized carbons (Fsp3) is 0.333. The molecular weight excluding hydrogens is 318 g/mol. The van der Waals surface area contributed by atoms with E-state index in [1.165, 1.54) is 22.7 Å². The van der Waals surface area contributed by atoms with Crippen molar-refractivity contribution in [2.24, 2.45) is 0 Å². The summed E-state index contributed by atoms with van der Waals surface area (Å²) >= 11 is 0. The molecule has 0 aliphatic heterocycles. The number of nitrogens with zero attached hydrogens (tertiary/aromatic N) is 4. The largest absolute Gasteiger partial charge is 0.352 e. The highest BCUT2D eigenvalue weighted by atomic mass is 16.2. The molecule has 4 rings (SSSR count). The minimum atomic E-state index is -0.258. The molecule has 0 saturated heterocycles. The number of carbonyl (C=O) groups excluding carboxylic acids is 1. The lowest BCUT2D eigenvalue weighted by atomic mass is 10.1. The van der Waals surface area contributed by atoms with Gasteiger partial charge >= 0.3 is 0 Å². The molecule has 7 nitrogen and oxygen atoms in total. The maximum atomic E-state index is 12.6. The molecule has 0 spiro atoms. The molecule has 1 aliphatic rings. The van der Waals surface area contributed by atoms with Gasteiger partial charge in [0.15, 0.2) is 5.65 Å². The molecule has 1 N–H and O–H groups in total. The summed E-state index contributed by atoms with van der Waals surface area (Å²) in [6, 6.07) is 6.25. The number of benzene rings is 1. The van der Waals surface area contributed by atoms with E-state index < -0.39 is 0 Å². The number of rotatable bonds is 4. The summed E-state index contributed by atoms with van der Waals surface area (Å²) in [6.45, 7) is 4.06. The molecule has 0 atom stereocenters. The van der Waals surface area contributed by atoms with Crippen molar-refractivity contribution in [1.29, 1.82) is 0 Å². The summed E-state index contributed by atoms with van der Waals surface area (Å²) < 4.78 is 2.98. The molecule has 1 aliphatic carbocycles. The van der Waals surface area contributed by atoms with E-state index in [0.29, 0.717) is 11.0 Å². The quantitative estimate of drug-likeness (QED) is 0.782. The molecule has 7 heteroatoms. The van der Waals surface area contributed by atoms with Crippen LogP contribution < -0.4 is 10.9 Å². The van der Waals surface area contributed by atoms with Crippen molar-refractivity contribution in [3.05, 3.63) is 52.2 Å². The fourth-order valence-electron chi connectivity index (χ4n) is 2.76. The van der Waals surface area contributed by atoms with E-state index in [4.69, 9.17) is 0 Å². The van der Waals surface area contributed by atoms with Gasteiger partial charge in [-0.15, -0.1) is 0 Å². The predicted molar refractivity (Wildman–Crippen MR) is 93.8 cm³/mol. The van der Waals surface area contributed by atoms with Crippen LogP contribution in [0.15, 0.2) is 35.5 Å². The number of aryl methyl sites for hydroxylation is 2. The lowest BCUT2D eigenvalue weighted by molar-refractivity contribution is -0.121. The first kappa shape index (κ1) is 15.6. The molecule has 0 unspecified atom stereocenters. The van der Waals surface area contributed by atoms with Crippen LogP contribution in [0.1, 0.15) is 24.0 Å². The first-order valence-electron chi connectivity index (χ1n) is 8.33. The highest BCUT2D eigenvalue weighted by Crippen LogP contribution is 2.19. The van der Waals surface area contributed by atoms with Gasteiger partial charge in [0.1, 0.15) is 18.3 Å². The fourth-order valence-corrected chi connectivity index (χ4v) is 2.76. The van der Waals surface area contributed by atoms with E-state index in [-0.39, 0.29) is 24.1 Å². The third kappa shape index (κ3) is 2.93. The molecule has 1 amide bonds. The van der Waals surface area contributed by atoms with Crippen LogP contribution in [0.2, 0.25) is 0 Å². The summed E-state index contributed by atoms with van der Waals surface area (Å²) in [5, 5.41) is 7.59. The number of aromatic nitrogens is 4. The number of carbonyl (C=O) groups is 1. The molecular formula is C18H19N5O2. The molecule has 1 fully saturated rings. The SMILES string of the molecule is Cc1ccc(-n2ncc3c(=O)n(CC(=O)NC4CC4)cnc32)cc1C. The molecule has 25 heavy (non-hydrogen) atoms. The highest BCUT2D eigenvalue weighted by Gasteiger charge is 2.23. The molecule has 1 aromatic carbocycles. The third-order valence-electron chi connectivity index (χ3n) is 4.55. The lowest BCUT2D eigenvalue weighted by Crippen LogP contribution is -2.33. The van der Waals surface area contributed by atoms with E-state index in [1.54, 1.807) is 4.68 Å². The van der Waals surface area contributed by atoms with Crippen LogP contribution in [0.3, 0.4) is 0 Å². The summed E-state index contributed by atoms with van der Waals surface area (Å²) in [6.07, 6.45) is 4.95. The Kier molecular flexibility index (Phi) is 3.63. The third-order valence-corrected chi connectivity index (χ3v) is 4.55. The predicted octanol–water partition coefficient (Wildman–Crippen LogP) is 1.48. The molecule has 128 valence electrons. The van der Waals surface area contributed by atoms with Crippen LogP contribution in [-0.4, -0.2) is 31.3 Å². The second kappa shape index (κ2) is 5.84. The van der Waals surface area contributed by atoms with Gasteiger partial charge < -0.3 is 5.32 Å². The van der Waals surface area contributed by atoms with Gasteiger partial charge in [-0.1, -0.05) is 6.07 Å². The summed E-state index contributed by atoms with van der Waals surface area (Å²) in [4.78, 5) is 28.9. The van der Waals surface area contributed by atoms with Crippen LogP contribution in [0, 0.1) is 13.8 Å². The van der Waals surface area contributed by atoms with Gasteiger partial charge in [0.05, 0.1) is 11.9 Å². The number of nitrogens with one attached hydrogen (secondary N) is 1. The Morgan fingerprint density at radius 2 is 2.08 bits per heavy atom. The Morgan fingerprint density at radius 3 is 2.80 bits per heavy atom. The van der Waals surface area contributed by atoms with Crippen molar-refractivity contribution in [2.75, 3.05) is 0 Å². The minimum absolute atomic E-state index is 0.0207. The molecule has 0 bridgehead atoms. The Balaban J connectivity index is 1.70. The van der Waals surface area contributed by atoms with E-state index in [2.05, 4.69) is 15.4 Å². The first-order valence-corrected chi connectivity index (χ1v) is 8.33. The van der Waals surface area contributed by atoms with Gasteiger partial charge in [0.2, 0.25) is 5.91 Å². The monoisotopic (exact) mass is 337 g/mol. The Labute approximate surface area is 144 Å². The van der Waals surface area contributed by atoms with E-state index in [9.17, 15) is 9.59 Å². The Morgan fingerprint density at radius 1 is 1.28 bits per heavy atom. The van der Waals surface area contributed by atoms with E-state index in [0.717, 1.165) is 24.1 Å². The summed E-state index contributed by atoms with van der Waals surface area (Å²) in [7, 11) is 0. The van der Waals surface area contributed by atoms with Crippen molar-refractivity contribution >= 4 is 16.9 Å². The summed E-state index contributed by atoms with van der Waals surface area (Å²) in [5.74, 6) is -0.160. The van der Waals surface area contributed by atoms with Crippen LogP contribution in [0.5, 0.6) is 0 Å². The van der Waals surface area contributed by atoms with Gasteiger partial charge in [0.25, 0.3) is 5.56 Å². The Bertz CT molecular complexity index is 1030. The van der Waals surface area contributed by atoms with Crippen LogP contribution in [0.4, 0.5) is 0 Å². The molecule has 3 aromatic rings. The minimum Gasteiger partial charge on any atom is -0.352 e.